The molecule has 6 rings (SSSR count). The molecule has 67 heavy (non-hydrogen) atoms. The molecule has 1 aliphatic rings. The summed E-state index contributed by atoms with van der Waals surface area (Å²) in [6.07, 6.45) is -12.7. The van der Waals surface area contributed by atoms with Gasteiger partial charge < -0.3 is 105 Å². The summed E-state index contributed by atoms with van der Waals surface area (Å²) < 4.78 is 33.0. The number of esters is 5. The Labute approximate surface area is 370 Å². The van der Waals surface area contributed by atoms with E-state index in [1.165, 1.54) is 0 Å². The van der Waals surface area contributed by atoms with E-state index in [0.717, 1.165) is 12.1 Å². The van der Waals surface area contributed by atoms with Gasteiger partial charge in [0, 0.05) is 0 Å². The molecule has 5 atom stereocenters. The summed E-state index contributed by atoms with van der Waals surface area (Å²) in [6.45, 7) is -1.32. The van der Waals surface area contributed by atoms with E-state index in [2.05, 4.69) is 0 Å². The predicted molar refractivity (Wildman–Crippen MR) is 209 cm³/mol. The van der Waals surface area contributed by atoms with Crippen LogP contribution in [0.1, 0.15) is 51.8 Å². The van der Waals surface area contributed by atoms with Crippen LogP contribution < -0.4 is 0 Å². The zero-order valence-electron chi connectivity index (χ0n) is 33.1. The Morgan fingerprint density at radius 2 is 0.612 bits per heavy atom. The first kappa shape index (κ1) is 46.9. The normalized spacial score (nSPS) is 17.7. The zero-order chi connectivity index (χ0) is 49.3. The van der Waals surface area contributed by atoms with Gasteiger partial charge in [-0.3, -0.25) is 0 Å². The number of aromatic hydroxyl groups is 15. The standard InChI is InChI=1S/C41H32O26/c42-17-6-1-12(23(47)28(17)52)36(57)62-11-22-33(64-37(58)13-2-7-18(43)29(53)24(13)48)34(65-38(59)14-3-8-19(44)30(54)25(14)49)35(66-39(60)15-4-9-20(45)31(55)26(15)50)41(63-22)67-40(61)16-5-10-21(46)32(56)27(16)51/h1-10,22,33-35,41-56H,11H2/t22-,33-,34+,35+,41?/m1/s1. The minimum Gasteiger partial charge on any atom is -0.504 e. The minimum absolute atomic E-state index is 0.666. The summed E-state index contributed by atoms with van der Waals surface area (Å²) in [5.74, 6) is -26.3. The fraction of sp³-hybridized carbons (Fsp3) is 0.146. The summed E-state index contributed by atoms with van der Waals surface area (Å²) in [5.41, 5.74) is -4.80. The van der Waals surface area contributed by atoms with Crippen molar-refractivity contribution in [2.24, 2.45) is 0 Å². The van der Waals surface area contributed by atoms with Crippen molar-refractivity contribution in [3.05, 3.63) is 88.5 Å². The Kier molecular flexibility index (Phi) is 12.8. The fourth-order valence-electron chi connectivity index (χ4n) is 6.14. The van der Waals surface area contributed by atoms with Gasteiger partial charge in [0.05, 0.1) is 0 Å². The van der Waals surface area contributed by atoms with Gasteiger partial charge in [-0.25, -0.2) is 24.0 Å². The lowest BCUT2D eigenvalue weighted by Gasteiger charge is -2.43. The molecule has 1 fully saturated rings. The number of benzene rings is 5. The molecule has 5 aromatic rings. The molecule has 0 radical (unpaired) electrons. The van der Waals surface area contributed by atoms with E-state index >= 15 is 0 Å². The van der Waals surface area contributed by atoms with Crippen molar-refractivity contribution in [1.29, 1.82) is 0 Å². The summed E-state index contributed by atoms with van der Waals surface area (Å²) in [5, 5.41) is 152. The second-order valence-electron chi connectivity index (χ2n) is 13.8. The van der Waals surface area contributed by atoms with E-state index in [4.69, 9.17) is 28.4 Å². The Morgan fingerprint density at radius 1 is 0.343 bits per heavy atom. The predicted octanol–water partition coefficient (Wildman–Crippen LogP) is 1.69. The maximum Gasteiger partial charge on any atom is 0.344 e. The van der Waals surface area contributed by atoms with Crippen LogP contribution in [0.15, 0.2) is 60.7 Å². The third-order valence-corrected chi connectivity index (χ3v) is 9.67. The minimum atomic E-state index is -2.64. The molecular formula is C41H32O26. The number of hydrogen-bond acceptors (Lipinski definition) is 26. The maximum atomic E-state index is 13.9. The molecule has 0 amide bonds. The van der Waals surface area contributed by atoms with Gasteiger partial charge >= 0.3 is 29.8 Å². The van der Waals surface area contributed by atoms with Gasteiger partial charge in [0.15, 0.2) is 69.7 Å². The van der Waals surface area contributed by atoms with Crippen molar-refractivity contribution in [2.75, 3.05) is 6.61 Å². The van der Waals surface area contributed by atoms with Crippen LogP contribution in [0.3, 0.4) is 0 Å². The monoisotopic (exact) mass is 940 g/mol. The van der Waals surface area contributed by atoms with Gasteiger partial charge in [-0.1, -0.05) is 0 Å². The molecule has 0 spiro atoms. The van der Waals surface area contributed by atoms with Crippen LogP contribution in [0.5, 0.6) is 86.2 Å². The number of hydrogen-bond donors (Lipinski definition) is 15. The fourth-order valence-corrected chi connectivity index (χ4v) is 6.14. The van der Waals surface area contributed by atoms with E-state index in [1.54, 1.807) is 0 Å². The lowest BCUT2D eigenvalue weighted by molar-refractivity contribution is -0.283. The molecule has 0 aliphatic carbocycles. The molecule has 1 saturated heterocycles. The molecule has 0 aromatic heterocycles. The van der Waals surface area contributed by atoms with Crippen LogP contribution in [0.25, 0.3) is 0 Å². The van der Waals surface area contributed by atoms with E-state index in [9.17, 15) is 101 Å². The molecule has 26 heteroatoms. The highest BCUT2D eigenvalue weighted by molar-refractivity contribution is 5.97. The zero-order valence-corrected chi connectivity index (χ0v) is 33.1. The molecule has 0 bridgehead atoms. The largest absolute Gasteiger partial charge is 0.504 e. The van der Waals surface area contributed by atoms with Gasteiger partial charge in [-0.2, -0.15) is 0 Å². The number of carbonyl (C=O) groups is 5. The lowest BCUT2D eigenvalue weighted by atomic mass is 9.97. The van der Waals surface area contributed by atoms with Crippen LogP contribution >= 0.6 is 0 Å². The van der Waals surface area contributed by atoms with Crippen LogP contribution in [-0.2, 0) is 28.4 Å². The maximum absolute atomic E-state index is 13.9. The third kappa shape index (κ3) is 8.97. The van der Waals surface area contributed by atoms with Crippen molar-refractivity contribution in [1.82, 2.24) is 0 Å². The SMILES string of the molecule is O=C(OC[C@H]1OC(OC(=O)c2ccc(O)c(O)c2O)[C@@H](OC(=O)c2ccc(O)c(O)c2O)[C@@H](OC(=O)c2ccc(O)c(O)c2O)[C@@H]1OC(=O)c1ccc(O)c(O)c1O)c1ccc(O)c(O)c1O. The van der Waals surface area contributed by atoms with Crippen LogP contribution in [0.2, 0.25) is 0 Å². The average molecular weight is 941 g/mol. The highest BCUT2D eigenvalue weighted by atomic mass is 16.7. The second-order valence-corrected chi connectivity index (χ2v) is 13.8. The summed E-state index contributed by atoms with van der Waals surface area (Å²) in [4.78, 5) is 68.6. The summed E-state index contributed by atoms with van der Waals surface area (Å²) >= 11 is 0. The second kappa shape index (κ2) is 18.3. The Morgan fingerprint density at radius 3 is 0.940 bits per heavy atom. The molecular weight excluding hydrogens is 908 g/mol. The molecule has 1 aliphatic heterocycles. The molecule has 15 N–H and O–H groups in total. The van der Waals surface area contributed by atoms with Gasteiger partial charge in [0.1, 0.15) is 40.5 Å². The van der Waals surface area contributed by atoms with Crippen molar-refractivity contribution >= 4 is 29.8 Å². The highest BCUT2D eigenvalue weighted by Gasteiger charge is 2.55. The van der Waals surface area contributed by atoms with E-state index in [-0.39, 0.29) is 0 Å². The molecule has 1 heterocycles. The van der Waals surface area contributed by atoms with Crippen molar-refractivity contribution in [2.45, 2.75) is 30.7 Å². The molecule has 26 nitrogen and oxygen atoms in total. The van der Waals surface area contributed by atoms with Crippen LogP contribution in [0, 0.1) is 0 Å². The first-order valence-corrected chi connectivity index (χ1v) is 18.4. The van der Waals surface area contributed by atoms with E-state index in [1.807, 2.05) is 0 Å². The van der Waals surface area contributed by atoms with Crippen molar-refractivity contribution in [3.63, 3.8) is 0 Å². The lowest BCUT2D eigenvalue weighted by Crippen LogP contribution is -2.63. The van der Waals surface area contributed by atoms with Gasteiger partial charge in [0.2, 0.25) is 41.1 Å². The number of rotatable bonds is 11. The average Bonchev–Trinajstić information content (AvgIpc) is 3.28. The van der Waals surface area contributed by atoms with Crippen LogP contribution in [0.4, 0.5) is 0 Å². The third-order valence-electron chi connectivity index (χ3n) is 9.67. The van der Waals surface area contributed by atoms with Crippen molar-refractivity contribution in [3.8, 4) is 86.2 Å². The first-order chi connectivity index (χ1) is 31.5. The number of ether oxygens (including phenoxy) is 6. The number of phenols is 15. The van der Waals surface area contributed by atoms with Gasteiger partial charge in [-0.15, -0.1) is 0 Å². The van der Waals surface area contributed by atoms with Gasteiger partial charge in [0.25, 0.3) is 0 Å². The highest BCUT2D eigenvalue weighted by Crippen LogP contribution is 2.43. The Bertz CT molecular complexity index is 2840. The first-order valence-electron chi connectivity index (χ1n) is 18.4. The molecule has 352 valence electrons. The Balaban J connectivity index is 1.54. The molecule has 0 saturated carbocycles. The van der Waals surface area contributed by atoms with E-state index < -0.39 is 181 Å². The smallest absolute Gasteiger partial charge is 0.344 e. The molecule has 1 unspecified atom stereocenters. The van der Waals surface area contributed by atoms with E-state index in [0.29, 0.717) is 48.5 Å². The summed E-state index contributed by atoms with van der Waals surface area (Å²) in [7, 11) is 0. The van der Waals surface area contributed by atoms with Gasteiger partial charge in [-0.05, 0) is 60.7 Å². The van der Waals surface area contributed by atoms with Crippen LogP contribution in [-0.4, -0.2) is 144 Å². The topological polar surface area (TPSA) is 444 Å². The quantitative estimate of drug-likeness (QED) is 0.0509. The number of phenolic OH excluding ortho intramolecular Hbond substituents is 15. The van der Waals surface area contributed by atoms with Crippen molar-refractivity contribution < 1.29 is 129 Å². The molecule has 5 aromatic carbocycles. The summed E-state index contributed by atoms with van der Waals surface area (Å²) in [6, 6.07) is 6.95. The number of carbonyl (C=O) groups excluding carboxylic acids is 5. The Hall–Kier alpha value is -9.59.